The molecule has 11 rings (SSSR count). The van der Waals surface area contributed by atoms with Crippen LogP contribution in [0.2, 0.25) is 0 Å². The molecule has 0 spiro atoms. The van der Waals surface area contributed by atoms with Crippen LogP contribution in [0.3, 0.4) is 0 Å². The van der Waals surface area contributed by atoms with E-state index < -0.39 is 0 Å². The third kappa shape index (κ3) is 5.39. The van der Waals surface area contributed by atoms with Gasteiger partial charge in [-0.25, -0.2) is 0 Å². The summed E-state index contributed by atoms with van der Waals surface area (Å²) < 4.78 is 4.47. The van der Waals surface area contributed by atoms with Gasteiger partial charge in [0.15, 0.2) is 11.5 Å². The Morgan fingerprint density at radius 2 is 0.768 bits per heavy atom. The van der Waals surface area contributed by atoms with E-state index in [9.17, 15) is 0 Å². The van der Waals surface area contributed by atoms with E-state index >= 15 is 0 Å². The predicted molar refractivity (Wildman–Crippen MR) is 232 cm³/mol. The first kappa shape index (κ1) is 31.9. The summed E-state index contributed by atoms with van der Waals surface area (Å²) in [7, 11) is 0. The highest BCUT2D eigenvalue weighted by atomic mass is 15.2. The average molecular weight is 715 g/mol. The zero-order valence-corrected chi connectivity index (χ0v) is 30.4. The van der Waals surface area contributed by atoms with Gasteiger partial charge in [0.1, 0.15) is 0 Å². The smallest absolute Gasteiger partial charge is 0.168 e. The standard InChI is InChI=1S/C52H34N4/c1-3-9-35(10-4-1)37-15-19-39(20-16-37)43-25-29-49-47(33-43)48-34-44(40-21-17-38(18-22-40)36-11-5-2-6-12-36)26-30-50(48)56(49)45-27-23-42(24-28-45)51-53-54-52-46-14-8-7-13-41(46)31-32-55(51)52/h1-34H. The van der Waals surface area contributed by atoms with Gasteiger partial charge in [-0.3, -0.25) is 4.40 Å². The lowest BCUT2D eigenvalue weighted by molar-refractivity contribution is 1.11. The molecule has 0 unspecified atom stereocenters. The van der Waals surface area contributed by atoms with Crippen LogP contribution in [0.15, 0.2) is 206 Å². The molecule has 11 aromatic rings. The van der Waals surface area contributed by atoms with E-state index in [-0.39, 0.29) is 0 Å². The largest absolute Gasteiger partial charge is 0.309 e. The minimum absolute atomic E-state index is 0.824. The molecule has 0 saturated heterocycles. The number of nitrogens with zero attached hydrogens (tertiary/aromatic N) is 4. The van der Waals surface area contributed by atoms with Crippen molar-refractivity contribution < 1.29 is 0 Å². The lowest BCUT2D eigenvalue weighted by Crippen LogP contribution is -1.95. The Morgan fingerprint density at radius 1 is 0.321 bits per heavy atom. The van der Waals surface area contributed by atoms with Gasteiger partial charge >= 0.3 is 0 Å². The van der Waals surface area contributed by atoms with Crippen LogP contribution >= 0.6 is 0 Å². The molecule has 0 aliphatic carbocycles. The molecule has 3 heterocycles. The SMILES string of the molecule is c1ccc(-c2ccc(-c3ccc4c(c3)c3cc(-c5ccc(-c6ccccc6)cc5)ccc3n4-c3ccc(-c4nnc5c6ccccc6ccn45)cc3)cc2)cc1. The molecular weight excluding hydrogens is 681 g/mol. The number of pyridine rings is 1. The second-order valence-corrected chi connectivity index (χ2v) is 14.4. The Labute approximate surface area is 324 Å². The highest BCUT2D eigenvalue weighted by Gasteiger charge is 2.17. The zero-order valence-electron chi connectivity index (χ0n) is 30.4. The van der Waals surface area contributed by atoms with Gasteiger partial charge < -0.3 is 4.57 Å². The summed E-state index contributed by atoms with van der Waals surface area (Å²) in [5.74, 6) is 0.824. The Bertz CT molecular complexity index is 3050. The molecule has 56 heavy (non-hydrogen) atoms. The van der Waals surface area contributed by atoms with Crippen molar-refractivity contribution in [2.45, 2.75) is 0 Å². The Hall–Kier alpha value is -7.56. The molecule has 0 N–H and O–H groups in total. The van der Waals surface area contributed by atoms with Gasteiger partial charge in [0.2, 0.25) is 0 Å². The maximum Gasteiger partial charge on any atom is 0.168 e. The van der Waals surface area contributed by atoms with E-state index in [1.165, 1.54) is 55.3 Å². The lowest BCUT2D eigenvalue weighted by atomic mass is 9.97. The van der Waals surface area contributed by atoms with Crippen molar-refractivity contribution in [3.05, 3.63) is 206 Å². The summed E-state index contributed by atoms with van der Waals surface area (Å²) in [6.45, 7) is 0. The zero-order chi connectivity index (χ0) is 37.0. The third-order valence-corrected chi connectivity index (χ3v) is 11.1. The van der Waals surface area contributed by atoms with Crippen molar-refractivity contribution in [2.75, 3.05) is 0 Å². The Kier molecular flexibility index (Phi) is 7.46. The van der Waals surface area contributed by atoms with Gasteiger partial charge in [-0.2, -0.15) is 0 Å². The van der Waals surface area contributed by atoms with Crippen molar-refractivity contribution in [3.63, 3.8) is 0 Å². The first-order valence-corrected chi connectivity index (χ1v) is 19.0. The van der Waals surface area contributed by atoms with Crippen LogP contribution in [0.25, 0.3) is 99.8 Å². The normalized spacial score (nSPS) is 11.6. The monoisotopic (exact) mass is 714 g/mol. The molecule has 4 nitrogen and oxygen atoms in total. The molecular formula is C52H34N4. The average Bonchev–Trinajstić information content (AvgIpc) is 3.86. The summed E-state index contributed by atoms with van der Waals surface area (Å²) in [5.41, 5.74) is 14.9. The van der Waals surface area contributed by atoms with Gasteiger partial charge in [0.05, 0.1) is 11.0 Å². The fourth-order valence-electron chi connectivity index (χ4n) is 8.21. The summed E-state index contributed by atoms with van der Waals surface area (Å²) >= 11 is 0. The summed E-state index contributed by atoms with van der Waals surface area (Å²) in [5, 5.41) is 13.9. The fraction of sp³-hybridized carbons (Fsp3) is 0. The Morgan fingerprint density at radius 3 is 1.32 bits per heavy atom. The minimum Gasteiger partial charge on any atom is -0.309 e. The maximum absolute atomic E-state index is 4.64. The number of benzene rings is 8. The van der Waals surface area contributed by atoms with Crippen LogP contribution < -0.4 is 0 Å². The van der Waals surface area contributed by atoms with E-state index in [1.54, 1.807) is 0 Å². The van der Waals surface area contributed by atoms with Gasteiger partial charge in [-0.05, 0) is 104 Å². The fourth-order valence-corrected chi connectivity index (χ4v) is 8.21. The van der Waals surface area contributed by atoms with Crippen LogP contribution in [-0.2, 0) is 0 Å². The van der Waals surface area contributed by atoms with Crippen molar-refractivity contribution in [1.82, 2.24) is 19.2 Å². The van der Waals surface area contributed by atoms with Gasteiger partial charge in [-0.15, -0.1) is 10.2 Å². The van der Waals surface area contributed by atoms with Crippen molar-refractivity contribution in [3.8, 4) is 61.6 Å². The molecule has 0 bridgehead atoms. The van der Waals surface area contributed by atoms with E-state index in [0.717, 1.165) is 44.5 Å². The van der Waals surface area contributed by atoms with Gasteiger partial charge in [0, 0.05) is 33.6 Å². The van der Waals surface area contributed by atoms with E-state index in [2.05, 4.69) is 219 Å². The van der Waals surface area contributed by atoms with E-state index in [4.69, 9.17) is 0 Å². The molecule has 3 aromatic heterocycles. The molecule has 0 amide bonds. The van der Waals surface area contributed by atoms with Crippen LogP contribution in [0.1, 0.15) is 0 Å². The topological polar surface area (TPSA) is 35.1 Å². The van der Waals surface area contributed by atoms with Crippen LogP contribution in [0.5, 0.6) is 0 Å². The number of aromatic nitrogens is 4. The molecule has 262 valence electrons. The molecule has 0 aliphatic rings. The molecule has 0 radical (unpaired) electrons. The molecule has 0 fully saturated rings. The van der Waals surface area contributed by atoms with Crippen molar-refractivity contribution >= 4 is 38.2 Å². The Balaban J connectivity index is 1.02. The maximum atomic E-state index is 4.64. The third-order valence-electron chi connectivity index (χ3n) is 11.1. The second kappa shape index (κ2) is 13.1. The van der Waals surface area contributed by atoms with E-state index in [0.29, 0.717) is 0 Å². The summed E-state index contributed by atoms with van der Waals surface area (Å²) in [6.07, 6.45) is 2.06. The van der Waals surface area contributed by atoms with Crippen molar-refractivity contribution in [2.24, 2.45) is 0 Å². The first-order chi connectivity index (χ1) is 27.7. The summed E-state index contributed by atoms with van der Waals surface area (Å²) in [6, 6.07) is 71.8. The molecule has 0 aliphatic heterocycles. The molecule has 8 aromatic carbocycles. The quantitative estimate of drug-likeness (QED) is 0.172. The van der Waals surface area contributed by atoms with Crippen LogP contribution in [0.4, 0.5) is 0 Å². The molecule has 0 atom stereocenters. The second-order valence-electron chi connectivity index (χ2n) is 14.4. The number of fused-ring (bicyclic) bond motifs is 6. The van der Waals surface area contributed by atoms with Crippen LogP contribution in [0, 0.1) is 0 Å². The van der Waals surface area contributed by atoms with Crippen molar-refractivity contribution in [1.29, 1.82) is 0 Å². The highest BCUT2D eigenvalue weighted by Crippen LogP contribution is 2.38. The summed E-state index contributed by atoms with van der Waals surface area (Å²) in [4.78, 5) is 0. The lowest BCUT2D eigenvalue weighted by Gasteiger charge is -2.10. The number of rotatable bonds is 6. The minimum atomic E-state index is 0.824. The number of hydrogen-bond acceptors (Lipinski definition) is 2. The molecule has 4 heteroatoms. The van der Waals surface area contributed by atoms with E-state index in [1.807, 2.05) is 6.07 Å². The first-order valence-electron chi connectivity index (χ1n) is 19.0. The predicted octanol–water partition coefficient (Wildman–Crippen LogP) is 13.3. The van der Waals surface area contributed by atoms with Gasteiger partial charge in [-0.1, -0.05) is 146 Å². The number of hydrogen-bond donors (Lipinski definition) is 0. The van der Waals surface area contributed by atoms with Crippen LogP contribution in [-0.4, -0.2) is 19.2 Å². The highest BCUT2D eigenvalue weighted by molar-refractivity contribution is 6.11. The van der Waals surface area contributed by atoms with Gasteiger partial charge in [0.25, 0.3) is 0 Å². The molecule has 0 saturated carbocycles.